The van der Waals surface area contributed by atoms with Gasteiger partial charge in [0.15, 0.2) is 11.6 Å². The Labute approximate surface area is 390 Å². The molecule has 16 nitrogen and oxygen atoms in total. The van der Waals surface area contributed by atoms with Gasteiger partial charge in [-0.15, -0.1) is 0 Å². The molecular formula is C52H48O16. The summed E-state index contributed by atoms with van der Waals surface area (Å²) in [6.07, 6.45) is 3.87. The summed E-state index contributed by atoms with van der Waals surface area (Å²) in [5, 5.41) is 23.8. The van der Waals surface area contributed by atoms with Crippen LogP contribution in [0.4, 0.5) is 0 Å². The predicted octanol–water partition coefficient (Wildman–Crippen LogP) is 8.40. The van der Waals surface area contributed by atoms with Gasteiger partial charge in [-0.1, -0.05) is 35.4 Å². The van der Waals surface area contributed by atoms with Crippen LogP contribution in [0.1, 0.15) is 135 Å². The first-order chi connectivity index (χ1) is 32.1. The minimum absolute atomic E-state index is 0.0313. The van der Waals surface area contributed by atoms with Crippen molar-refractivity contribution in [2.75, 3.05) is 0 Å². The number of esters is 6. The summed E-state index contributed by atoms with van der Waals surface area (Å²) in [5.41, 5.74) is 1.86. The maximum atomic E-state index is 15.8. The lowest BCUT2D eigenvalue weighted by Gasteiger charge is -2.40. The van der Waals surface area contributed by atoms with Crippen molar-refractivity contribution in [1.82, 2.24) is 0 Å². The molecule has 4 aromatic carbocycles. The zero-order valence-corrected chi connectivity index (χ0v) is 38.4. The third-order valence-electron chi connectivity index (χ3n) is 12.1. The number of phenolic OH excluding ortho intramolecular Hbond substituents is 2. The van der Waals surface area contributed by atoms with Crippen LogP contribution in [0.5, 0.6) is 46.0 Å². The number of hydrogen-bond acceptors (Lipinski definition) is 16. The van der Waals surface area contributed by atoms with E-state index in [1.807, 2.05) is 0 Å². The largest absolute Gasteiger partial charge is 0.507 e. The molecule has 2 N–H and O–H groups in total. The van der Waals surface area contributed by atoms with Crippen LogP contribution < -0.4 is 28.4 Å². The van der Waals surface area contributed by atoms with Crippen molar-refractivity contribution < 1.29 is 77.0 Å². The summed E-state index contributed by atoms with van der Waals surface area (Å²) in [7, 11) is 0. The molecule has 352 valence electrons. The monoisotopic (exact) mass is 928 g/mol. The summed E-state index contributed by atoms with van der Waals surface area (Å²) in [6.45, 7) is 10.6. The zero-order valence-electron chi connectivity index (χ0n) is 38.4. The summed E-state index contributed by atoms with van der Waals surface area (Å²) in [6, 6.07) is 13.7. The average molecular weight is 929 g/mol. The Morgan fingerprint density at radius 3 is 1.06 bits per heavy atom. The zero-order chi connectivity index (χ0) is 49.5. The molecule has 68 heavy (non-hydrogen) atoms. The SMILES string of the molecule is CC(=O)Oc1ccc([C@H]2CC(C)=C[C@@H]3c4cc(c(O)cc4OC(C)=O)C(=O)[C@H]4[C@H](C=C(C)C[C@@H]4c4ccc(OC(C)=O)cc4OC(C)=O)c4cc(c(O)cc4OC(C)=O)C(=O)[C@@H]32)c(OC(C)=O)c1. The van der Waals surface area contributed by atoms with Gasteiger partial charge < -0.3 is 38.6 Å². The molecule has 3 aliphatic rings. The lowest BCUT2D eigenvalue weighted by molar-refractivity contribution is -0.133. The first kappa shape index (κ1) is 48.1. The Bertz CT molecular complexity index is 2710. The Kier molecular flexibility index (Phi) is 13.5. The maximum absolute atomic E-state index is 15.8. The van der Waals surface area contributed by atoms with E-state index in [4.69, 9.17) is 28.4 Å². The topological polar surface area (TPSA) is 232 Å². The number of benzene rings is 4. The van der Waals surface area contributed by atoms with Gasteiger partial charge in [-0.25, -0.2) is 0 Å². The van der Waals surface area contributed by atoms with Gasteiger partial charge in [0.25, 0.3) is 0 Å². The Morgan fingerprint density at radius 2 is 0.750 bits per heavy atom. The molecule has 0 unspecified atom stereocenters. The second-order valence-electron chi connectivity index (χ2n) is 17.3. The van der Waals surface area contributed by atoms with E-state index >= 15 is 9.59 Å². The van der Waals surface area contributed by atoms with Crippen molar-refractivity contribution in [3.8, 4) is 46.0 Å². The molecule has 0 fully saturated rings. The number of phenols is 2. The van der Waals surface area contributed by atoms with Crippen molar-refractivity contribution in [3.63, 3.8) is 0 Å². The fraction of sp³-hybridized carbons (Fsp3) is 0.308. The third-order valence-corrected chi connectivity index (χ3v) is 12.1. The van der Waals surface area contributed by atoms with Gasteiger partial charge in [0.1, 0.15) is 46.0 Å². The number of hydrogen-bond donors (Lipinski definition) is 2. The number of fused-ring (bicyclic) bond motifs is 8. The third kappa shape index (κ3) is 9.94. The number of carbonyl (C=O) groups is 8. The highest BCUT2D eigenvalue weighted by atomic mass is 16.6. The van der Waals surface area contributed by atoms with E-state index in [1.54, 1.807) is 38.1 Å². The van der Waals surface area contributed by atoms with Crippen LogP contribution in [-0.4, -0.2) is 57.6 Å². The van der Waals surface area contributed by atoms with E-state index in [2.05, 4.69) is 0 Å². The second-order valence-corrected chi connectivity index (χ2v) is 17.3. The van der Waals surface area contributed by atoms with Gasteiger partial charge in [0, 0.05) is 112 Å². The summed E-state index contributed by atoms with van der Waals surface area (Å²) < 4.78 is 33.4. The number of Topliss-reactive ketones (excluding diaryl/α,β-unsaturated/α-hetero) is 2. The molecule has 0 saturated carbocycles. The molecule has 0 spiro atoms. The van der Waals surface area contributed by atoms with Gasteiger partial charge in [-0.05, 0) is 62.1 Å². The number of ether oxygens (including phenoxy) is 6. The molecule has 0 amide bonds. The normalized spacial score (nSPS) is 20.6. The maximum Gasteiger partial charge on any atom is 0.308 e. The first-order valence-electron chi connectivity index (χ1n) is 21.6. The molecule has 0 aromatic heterocycles. The Morgan fingerprint density at radius 1 is 0.441 bits per heavy atom. The molecule has 16 heteroatoms. The first-order valence-corrected chi connectivity index (χ1v) is 21.6. The lowest BCUT2D eigenvalue weighted by atomic mass is 9.63. The average Bonchev–Trinajstić information content (AvgIpc) is 3.21. The van der Waals surface area contributed by atoms with Gasteiger partial charge in [-0.3, -0.25) is 38.4 Å². The van der Waals surface area contributed by atoms with Crippen LogP contribution in [-0.2, 0) is 28.8 Å². The summed E-state index contributed by atoms with van der Waals surface area (Å²) >= 11 is 0. The van der Waals surface area contributed by atoms with Crippen LogP contribution in [0, 0.1) is 11.8 Å². The molecule has 6 atom stereocenters. The van der Waals surface area contributed by atoms with Gasteiger partial charge in [0.2, 0.25) is 0 Å². The van der Waals surface area contributed by atoms with Crippen LogP contribution in [0.15, 0.2) is 84.0 Å². The molecule has 0 radical (unpaired) electrons. The van der Waals surface area contributed by atoms with Gasteiger partial charge in [0.05, 0.1) is 11.1 Å². The van der Waals surface area contributed by atoms with E-state index < -0.39 is 94.4 Å². The van der Waals surface area contributed by atoms with E-state index in [-0.39, 0.29) is 69.6 Å². The number of allylic oxidation sites excluding steroid dienone is 4. The Hall–Kier alpha value is -7.88. The highest BCUT2D eigenvalue weighted by Gasteiger charge is 2.47. The molecule has 7 rings (SSSR count). The van der Waals surface area contributed by atoms with Crippen molar-refractivity contribution >= 4 is 47.4 Å². The summed E-state index contributed by atoms with van der Waals surface area (Å²) in [5.74, 6) is -13.5. The van der Waals surface area contributed by atoms with E-state index in [1.165, 1.54) is 64.1 Å². The molecule has 3 aliphatic carbocycles. The van der Waals surface area contributed by atoms with E-state index in [0.29, 0.717) is 22.3 Å². The van der Waals surface area contributed by atoms with Crippen molar-refractivity contribution in [2.24, 2.45) is 11.8 Å². The fourth-order valence-electron chi connectivity index (χ4n) is 9.79. The lowest BCUT2D eigenvalue weighted by Crippen LogP contribution is -2.34. The van der Waals surface area contributed by atoms with Crippen LogP contribution in [0.2, 0.25) is 0 Å². The minimum Gasteiger partial charge on any atom is -0.507 e. The molecular weight excluding hydrogens is 881 g/mol. The Balaban J connectivity index is 1.57. The standard InChI is InChI=1S/C52H48O16/c1-23-13-37(33-11-9-31(63-25(3)53)17-45(33)65-27(5)55)49-39(15-23)35-19-41(43(59)21-47(35)67-29(7)57)52(62)50-38(34-12-10-32(64-26(4)54)18-46(34)66-28(6)56)14-24(2)16-40(50)36-20-42(51(49)61)44(60)22-48(36)68-30(8)58/h9-12,15-22,37-40,49-50,59-60H,13-14H2,1-8H3/t37-,38-,39-,40-,49-,50-/m1/s1. The van der Waals surface area contributed by atoms with Gasteiger partial charge >= 0.3 is 35.8 Å². The van der Waals surface area contributed by atoms with Crippen LogP contribution in [0.3, 0.4) is 0 Å². The minimum atomic E-state index is -1.25. The van der Waals surface area contributed by atoms with Crippen molar-refractivity contribution in [1.29, 1.82) is 0 Å². The quantitative estimate of drug-likeness (QED) is 0.0959. The number of rotatable bonds is 8. The molecule has 0 saturated heterocycles. The van der Waals surface area contributed by atoms with Crippen molar-refractivity contribution in [2.45, 2.75) is 91.9 Å². The molecule has 0 heterocycles. The van der Waals surface area contributed by atoms with Crippen molar-refractivity contribution in [3.05, 3.63) is 117 Å². The number of carbonyl (C=O) groups excluding carboxylic acids is 8. The van der Waals surface area contributed by atoms with E-state index in [9.17, 15) is 39.0 Å². The second kappa shape index (κ2) is 19.1. The van der Waals surface area contributed by atoms with Crippen LogP contribution in [0.25, 0.3) is 0 Å². The highest BCUT2D eigenvalue weighted by Crippen LogP contribution is 2.56. The summed E-state index contributed by atoms with van der Waals surface area (Å²) in [4.78, 5) is 106. The van der Waals surface area contributed by atoms with Gasteiger partial charge in [-0.2, -0.15) is 0 Å². The van der Waals surface area contributed by atoms with Crippen LogP contribution >= 0.6 is 0 Å². The predicted molar refractivity (Wildman–Crippen MR) is 240 cm³/mol. The molecule has 4 aromatic rings. The molecule has 0 aliphatic heterocycles. The number of aromatic hydroxyl groups is 2. The number of ketones is 2. The molecule has 4 bridgehead atoms. The smallest absolute Gasteiger partial charge is 0.308 e. The highest BCUT2D eigenvalue weighted by molar-refractivity contribution is 6.05. The fourth-order valence-corrected chi connectivity index (χ4v) is 9.79. The van der Waals surface area contributed by atoms with E-state index in [0.717, 1.165) is 26.0 Å².